The van der Waals surface area contributed by atoms with Crippen molar-refractivity contribution in [2.75, 3.05) is 0 Å². The Morgan fingerprint density at radius 1 is 1.60 bits per heavy atom. The molecule has 0 aromatic rings. The highest BCUT2D eigenvalue weighted by Crippen LogP contribution is 2.11. The van der Waals surface area contributed by atoms with Crippen molar-refractivity contribution in [2.24, 2.45) is 0 Å². The molecule has 0 aliphatic heterocycles. The fraction of sp³-hybridized carbons (Fsp3) is 0.286. The fourth-order valence-electron chi connectivity index (χ4n) is 0.302. The van der Waals surface area contributed by atoms with Crippen LogP contribution in [0.15, 0.2) is 23.1 Å². The number of thioether (sulfide) groups is 1. The molecule has 0 heterocycles. The Labute approximate surface area is 65.4 Å². The highest BCUT2D eigenvalue weighted by atomic mass is 32.2. The number of carbonyl (C=O) groups is 1. The summed E-state index contributed by atoms with van der Waals surface area (Å²) < 4.78 is 0. The van der Waals surface area contributed by atoms with Crippen LogP contribution < -0.4 is 5.32 Å². The third-order valence-electron chi connectivity index (χ3n) is 0.624. The molecule has 0 saturated carbocycles. The predicted octanol–water partition coefficient (Wildman–Crippen LogP) is 1.86. The van der Waals surface area contributed by atoms with Gasteiger partial charge in [0, 0.05) is 13.1 Å². The Kier molecular flexibility index (Phi) is 4.76. The van der Waals surface area contributed by atoms with Crippen molar-refractivity contribution < 1.29 is 4.79 Å². The zero-order chi connectivity index (χ0) is 7.98. The molecule has 56 valence electrons. The highest BCUT2D eigenvalue weighted by Gasteiger charge is 1.82. The third-order valence-corrected chi connectivity index (χ3v) is 1.30. The molecule has 1 N–H and O–H groups in total. The molecule has 0 aromatic heterocycles. The molecular formula is C7H11NOS. The van der Waals surface area contributed by atoms with E-state index >= 15 is 0 Å². The van der Waals surface area contributed by atoms with Crippen molar-refractivity contribution in [3.63, 3.8) is 0 Å². The summed E-state index contributed by atoms with van der Waals surface area (Å²) in [6.07, 6.45) is 1.60. The number of hydrogen-bond donors (Lipinski definition) is 1. The van der Waals surface area contributed by atoms with Crippen LogP contribution in [0.3, 0.4) is 0 Å². The molecule has 3 heteroatoms. The molecule has 0 fully saturated rings. The van der Waals surface area contributed by atoms with Crippen LogP contribution >= 0.6 is 11.8 Å². The van der Waals surface area contributed by atoms with Gasteiger partial charge in [-0.05, 0) is 17.2 Å². The monoisotopic (exact) mass is 157 g/mol. The van der Waals surface area contributed by atoms with Crippen LogP contribution in [0.4, 0.5) is 0 Å². The van der Waals surface area contributed by atoms with Crippen LogP contribution in [0.2, 0.25) is 0 Å². The van der Waals surface area contributed by atoms with Gasteiger partial charge < -0.3 is 5.32 Å². The molecule has 0 atom stereocenters. The molecule has 0 bridgehead atoms. The van der Waals surface area contributed by atoms with Crippen LogP contribution in [-0.4, -0.2) is 5.91 Å². The summed E-state index contributed by atoms with van der Waals surface area (Å²) in [5, 5.41) is 4.30. The van der Waals surface area contributed by atoms with Gasteiger partial charge >= 0.3 is 0 Å². The topological polar surface area (TPSA) is 29.1 Å². The van der Waals surface area contributed by atoms with Crippen LogP contribution in [0.1, 0.15) is 13.8 Å². The molecule has 0 unspecified atom stereocenters. The molecule has 0 radical (unpaired) electrons. The highest BCUT2D eigenvalue weighted by molar-refractivity contribution is 8.05. The van der Waals surface area contributed by atoms with Crippen molar-refractivity contribution in [3.8, 4) is 0 Å². The zero-order valence-corrected chi connectivity index (χ0v) is 6.99. The molecule has 2 nitrogen and oxygen atoms in total. The first-order chi connectivity index (χ1) is 4.63. The van der Waals surface area contributed by atoms with Crippen molar-refractivity contribution in [3.05, 3.63) is 23.1 Å². The average molecular weight is 157 g/mol. The van der Waals surface area contributed by atoms with Crippen molar-refractivity contribution >= 4 is 17.7 Å². The second-order valence-corrected chi connectivity index (χ2v) is 3.03. The molecular weight excluding hydrogens is 146 g/mol. The average Bonchev–Trinajstić information content (AvgIpc) is 1.79. The van der Waals surface area contributed by atoms with E-state index in [4.69, 9.17) is 0 Å². The molecule has 0 aromatic carbocycles. The Bertz CT molecular complexity index is 145. The Hall–Kier alpha value is -0.700. The minimum absolute atomic E-state index is 0.0569. The lowest BCUT2D eigenvalue weighted by Crippen LogP contribution is -2.10. The van der Waals surface area contributed by atoms with E-state index in [-0.39, 0.29) is 5.91 Å². The van der Waals surface area contributed by atoms with Gasteiger partial charge in [0.2, 0.25) is 5.91 Å². The molecule has 0 aliphatic carbocycles. The molecule has 10 heavy (non-hydrogen) atoms. The van der Waals surface area contributed by atoms with E-state index in [2.05, 4.69) is 11.9 Å². The van der Waals surface area contributed by atoms with Crippen molar-refractivity contribution in [1.82, 2.24) is 5.32 Å². The van der Waals surface area contributed by atoms with E-state index in [1.807, 2.05) is 6.92 Å². The Morgan fingerprint density at radius 3 is 2.60 bits per heavy atom. The van der Waals surface area contributed by atoms with E-state index in [1.54, 1.807) is 11.6 Å². The normalized spacial score (nSPS) is 9.80. The van der Waals surface area contributed by atoms with E-state index in [1.165, 1.54) is 18.7 Å². The van der Waals surface area contributed by atoms with Crippen LogP contribution in [-0.2, 0) is 4.79 Å². The molecule has 0 rings (SSSR count). The maximum atomic E-state index is 10.3. The number of nitrogens with one attached hydrogen (secondary N) is 1. The molecule has 1 amide bonds. The van der Waals surface area contributed by atoms with E-state index < -0.39 is 0 Å². The molecule has 0 spiro atoms. The summed E-state index contributed by atoms with van der Waals surface area (Å²) >= 11 is 1.48. The van der Waals surface area contributed by atoms with Crippen LogP contribution in [0.25, 0.3) is 0 Å². The number of allylic oxidation sites excluding steroid dienone is 1. The number of rotatable bonds is 3. The summed E-state index contributed by atoms with van der Waals surface area (Å²) in [7, 11) is 0. The van der Waals surface area contributed by atoms with Crippen molar-refractivity contribution in [2.45, 2.75) is 13.8 Å². The van der Waals surface area contributed by atoms with Gasteiger partial charge in [0.1, 0.15) is 0 Å². The quantitative estimate of drug-likeness (QED) is 0.677. The lowest BCUT2D eigenvalue weighted by atomic mass is 10.7. The third kappa shape index (κ3) is 7.30. The molecule has 0 aliphatic rings. The summed E-state index contributed by atoms with van der Waals surface area (Å²) in [6, 6.07) is 0. The van der Waals surface area contributed by atoms with Gasteiger partial charge in [-0.25, -0.2) is 0 Å². The van der Waals surface area contributed by atoms with Gasteiger partial charge in [-0.3, -0.25) is 4.79 Å². The summed E-state index contributed by atoms with van der Waals surface area (Å²) in [5.41, 5.74) is 0. The molecule has 0 saturated heterocycles. The zero-order valence-electron chi connectivity index (χ0n) is 6.18. The van der Waals surface area contributed by atoms with Gasteiger partial charge in [0.25, 0.3) is 0 Å². The van der Waals surface area contributed by atoms with Gasteiger partial charge in [-0.2, -0.15) is 0 Å². The smallest absolute Gasteiger partial charge is 0.220 e. The van der Waals surface area contributed by atoms with Crippen molar-refractivity contribution in [1.29, 1.82) is 0 Å². The van der Waals surface area contributed by atoms with Gasteiger partial charge in [0.15, 0.2) is 0 Å². The van der Waals surface area contributed by atoms with Crippen LogP contribution in [0, 0.1) is 0 Å². The minimum atomic E-state index is -0.0569. The first-order valence-corrected chi connectivity index (χ1v) is 3.75. The number of amides is 1. The Balaban J connectivity index is 3.38. The Morgan fingerprint density at radius 2 is 2.20 bits per heavy atom. The van der Waals surface area contributed by atoms with E-state index in [0.717, 1.165) is 4.91 Å². The summed E-state index contributed by atoms with van der Waals surface area (Å²) in [6.45, 7) is 7.04. The second-order valence-electron chi connectivity index (χ2n) is 1.82. The lowest BCUT2D eigenvalue weighted by molar-refractivity contribution is -0.118. The summed E-state index contributed by atoms with van der Waals surface area (Å²) in [4.78, 5) is 11.3. The minimum Gasteiger partial charge on any atom is -0.332 e. The largest absolute Gasteiger partial charge is 0.332 e. The van der Waals surface area contributed by atoms with Crippen LogP contribution in [0.5, 0.6) is 0 Å². The maximum Gasteiger partial charge on any atom is 0.220 e. The first kappa shape index (κ1) is 9.30. The van der Waals surface area contributed by atoms with E-state index in [0.29, 0.717) is 0 Å². The maximum absolute atomic E-state index is 10.3. The van der Waals surface area contributed by atoms with Gasteiger partial charge in [-0.15, -0.1) is 11.8 Å². The predicted molar refractivity (Wildman–Crippen MR) is 45.4 cm³/mol. The lowest BCUT2D eigenvalue weighted by Gasteiger charge is -1.90. The standard InChI is InChI=1S/C7H11NOS/c1-6(2)10-5-4-8-7(3)9/h4-5H,1H2,2-3H3,(H,8,9)/b5-4+. The fourth-order valence-corrected chi connectivity index (χ4v) is 0.670. The number of hydrogen-bond acceptors (Lipinski definition) is 2. The first-order valence-electron chi connectivity index (χ1n) is 2.87. The van der Waals surface area contributed by atoms with Gasteiger partial charge in [-0.1, -0.05) is 6.58 Å². The second kappa shape index (κ2) is 5.11. The summed E-state index contributed by atoms with van der Waals surface area (Å²) in [5.74, 6) is -0.0569. The van der Waals surface area contributed by atoms with E-state index in [9.17, 15) is 4.79 Å². The SMILES string of the molecule is C=C(C)S/C=C/NC(C)=O. The number of carbonyl (C=O) groups excluding carboxylic acids is 1. The van der Waals surface area contributed by atoms with Gasteiger partial charge in [0.05, 0.1) is 0 Å².